The number of carbonyl (C=O) groups excluding carboxylic acids is 2. The van der Waals surface area contributed by atoms with Crippen LogP contribution in [0.25, 0.3) is 10.9 Å². The number of ether oxygens (including phenoxy) is 1. The van der Waals surface area contributed by atoms with E-state index < -0.39 is 5.54 Å². The lowest BCUT2D eigenvalue weighted by Crippen LogP contribution is -2.51. The van der Waals surface area contributed by atoms with E-state index in [2.05, 4.69) is 35.6 Å². The van der Waals surface area contributed by atoms with E-state index in [4.69, 9.17) is 10.5 Å². The van der Waals surface area contributed by atoms with Crippen LogP contribution in [0.2, 0.25) is 0 Å². The summed E-state index contributed by atoms with van der Waals surface area (Å²) in [6, 6.07) is 8.16. The highest BCUT2D eigenvalue weighted by Gasteiger charge is 2.38. The molecule has 2 heterocycles. The number of nitrogens with two attached hydrogens (primary N) is 1. The van der Waals surface area contributed by atoms with Gasteiger partial charge in [0.2, 0.25) is 0 Å². The number of hydrogen-bond donors (Lipinski definition) is 1. The molecular weight excluding hydrogens is 487 g/mol. The molecule has 0 radical (unpaired) electrons. The lowest BCUT2D eigenvalue weighted by Gasteiger charge is -2.34. The Balaban J connectivity index is 0.00000171. The van der Waals surface area contributed by atoms with Crippen molar-refractivity contribution in [2.24, 2.45) is 18.7 Å². The Bertz CT molecular complexity index is 1110. The predicted molar refractivity (Wildman–Crippen MR) is 142 cm³/mol. The van der Waals surface area contributed by atoms with Crippen molar-refractivity contribution in [2.45, 2.75) is 63.6 Å². The zero-order chi connectivity index (χ0) is 23.2. The van der Waals surface area contributed by atoms with Crippen LogP contribution in [0.1, 0.15) is 61.5 Å². The number of esters is 1. The Morgan fingerprint density at radius 2 is 1.80 bits per heavy atom. The number of benzene rings is 1. The molecule has 1 aliphatic heterocycles. The second-order valence-electron chi connectivity index (χ2n) is 9.92. The van der Waals surface area contributed by atoms with Gasteiger partial charge in [0.1, 0.15) is 11.7 Å². The summed E-state index contributed by atoms with van der Waals surface area (Å²) in [5, 5.41) is 1.06. The molecule has 0 amide bonds. The van der Waals surface area contributed by atoms with E-state index in [0.717, 1.165) is 54.3 Å². The first-order valence-corrected chi connectivity index (χ1v) is 12.2. The molecule has 7 nitrogen and oxygen atoms in total. The molecule has 9 heteroatoms. The van der Waals surface area contributed by atoms with Crippen molar-refractivity contribution >= 4 is 47.5 Å². The van der Waals surface area contributed by atoms with Crippen molar-refractivity contribution in [3.63, 3.8) is 0 Å². The molecule has 2 atom stereocenters. The predicted octanol–water partition coefficient (Wildman–Crippen LogP) is 4.36. The highest BCUT2D eigenvalue weighted by Crippen LogP contribution is 2.35. The maximum atomic E-state index is 13.5. The van der Waals surface area contributed by atoms with Gasteiger partial charge in [0.15, 0.2) is 12.5 Å². The summed E-state index contributed by atoms with van der Waals surface area (Å²) in [4.78, 5) is 30.2. The van der Waals surface area contributed by atoms with E-state index in [1.165, 1.54) is 0 Å². The molecule has 0 bridgehead atoms. The number of para-hydroxylation sites is 1. The standard InChI is InChI=1S/C26H34N4O3.2ClH/c1-18-29(14-15-30(18)17-33-25(32)26(27)12-6-3-7-13-26)16-19-10-11-22-23(24(19)31)20-8-4-5-9-21(20)28(22)2;;/h4-5,8-9,14-15,18-19H,3,6-7,10-13,16-17,27H2,1-2H3;2*1H. The Morgan fingerprint density at radius 3 is 2.54 bits per heavy atom. The molecule has 0 spiro atoms. The van der Waals surface area contributed by atoms with Gasteiger partial charge in [-0.1, -0.05) is 37.5 Å². The van der Waals surface area contributed by atoms with Crippen molar-refractivity contribution < 1.29 is 14.3 Å². The maximum Gasteiger partial charge on any atom is 0.327 e. The quantitative estimate of drug-likeness (QED) is 0.587. The molecule has 192 valence electrons. The van der Waals surface area contributed by atoms with Gasteiger partial charge in [0.25, 0.3) is 0 Å². The first-order valence-electron chi connectivity index (χ1n) is 12.2. The fourth-order valence-corrected chi connectivity index (χ4v) is 5.73. The molecule has 35 heavy (non-hydrogen) atoms. The second kappa shape index (κ2) is 10.8. The monoisotopic (exact) mass is 522 g/mol. The zero-order valence-electron chi connectivity index (χ0n) is 20.4. The molecule has 2 unspecified atom stereocenters. The normalized spacial score (nSPS) is 23.0. The average molecular weight is 524 g/mol. The zero-order valence-corrected chi connectivity index (χ0v) is 22.1. The summed E-state index contributed by atoms with van der Waals surface area (Å²) < 4.78 is 7.78. The van der Waals surface area contributed by atoms with Gasteiger partial charge < -0.3 is 24.8 Å². The lowest BCUT2D eigenvalue weighted by atomic mass is 9.83. The molecule has 1 aromatic carbocycles. The van der Waals surface area contributed by atoms with E-state index in [0.29, 0.717) is 19.4 Å². The van der Waals surface area contributed by atoms with Gasteiger partial charge in [-0.3, -0.25) is 4.79 Å². The summed E-state index contributed by atoms with van der Waals surface area (Å²) in [6.45, 7) is 2.91. The topological polar surface area (TPSA) is 80.8 Å². The smallest absolute Gasteiger partial charge is 0.327 e. The van der Waals surface area contributed by atoms with Gasteiger partial charge in [0.05, 0.1) is 0 Å². The van der Waals surface area contributed by atoms with Gasteiger partial charge in [-0.15, -0.1) is 24.8 Å². The average Bonchev–Trinajstić information content (AvgIpc) is 3.32. The minimum absolute atomic E-state index is 0. The number of aromatic nitrogens is 1. The van der Waals surface area contributed by atoms with Gasteiger partial charge in [-0.25, -0.2) is 4.79 Å². The minimum Gasteiger partial charge on any atom is -0.443 e. The lowest BCUT2D eigenvalue weighted by molar-refractivity contribution is -0.156. The van der Waals surface area contributed by atoms with Gasteiger partial charge in [0, 0.05) is 54.1 Å². The third kappa shape index (κ3) is 4.91. The van der Waals surface area contributed by atoms with Crippen LogP contribution >= 0.6 is 24.8 Å². The molecule has 0 saturated heterocycles. The highest BCUT2D eigenvalue weighted by atomic mass is 35.5. The summed E-state index contributed by atoms with van der Waals surface area (Å²) >= 11 is 0. The molecule has 5 rings (SSSR count). The molecular formula is C26H36Cl2N4O3. The molecule has 2 aliphatic carbocycles. The molecule has 2 N–H and O–H groups in total. The van der Waals surface area contributed by atoms with Gasteiger partial charge in [-0.05, 0) is 38.7 Å². The van der Waals surface area contributed by atoms with Crippen LogP contribution in [0, 0.1) is 5.92 Å². The van der Waals surface area contributed by atoms with Crippen LogP contribution in [0.15, 0.2) is 36.7 Å². The van der Waals surface area contributed by atoms with Gasteiger partial charge >= 0.3 is 5.97 Å². The van der Waals surface area contributed by atoms with Crippen LogP contribution in [0.4, 0.5) is 0 Å². The van der Waals surface area contributed by atoms with Crippen molar-refractivity contribution in [3.05, 3.63) is 47.9 Å². The Labute approximate surface area is 219 Å². The van der Waals surface area contributed by atoms with Crippen LogP contribution in [0.3, 0.4) is 0 Å². The maximum absolute atomic E-state index is 13.5. The number of halogens is 2. The molecule has 3 aliphatic rings. The van der Waals surface area contributed by atoms with E-state index in [9.17, 15) is 9.59 Å². The van der Waals surface area contributed by atoms with Crippen molar-refractivity contribution in [1.82, 2.24) is 14.4 Å². The number of hydrogen-bond acceptors (Lipinski definition) is 6. The Kier molecular flexibility index (Phi) is 8.45. The van der Waals surface area contributed by atoms with E-state index in [-0.39, 0.29) is 55.4 Å². The second-order valence-corrected chi connectivity index (χ2v) is 9.92. The van der Waals surface area contributed by atoms with Crippen molar-refractivity contribution in [2.75, 3.05) is 13.3 Å². The summed E-state index contributed by atoms with van der Waals surface area (Å²) in [6.07, 6.45) is 10.2. The van der Waals surface area contributed by atoms with E-state index >= 15 is 0 Å². The Morgan fingerprint density at radius 1 is 1.11 bits per heavy atom. The number of nitrogens with zero attached hydrogens (tertiary/aromatic N) is 3. The fourth-order valence-electron chi connectivity index (χ4n) is 5.73. The third-order valence-electron chi connectivity index (χ3n) is 7.91. The largest absolute Gasteiger partial charge is 0.443 e. The van der Waals surface area contributed by atoms with E-state index in [1.54, 1.807) is 0 Å². The Hall–Kier alpha value is -2.22. The first-order chi connectivity index (χ1) is 15.9. The number of Topliss-reactive ketones (excluding diaryl/α,β-unsaturated/α-hetero) is 1. The molecule has 2 aromatic rings. The number of fused-ring (bicyclic) bond motifs is 3. The number of carbonyl (C=O) groups is 2. The number of aryl methyl sites for hydroxylation is 1. The molecule has 1 saturated carbocycles. The van der Waals surface area contributed by atoms with Crippen molar-refractivity contribution in [1.29, 1.82) is 0 Å². The minimum atomic E-state index is -0.838. The van der Waals surface area contributed by atoms with Crippen LogP contribution in [0.5, 0.6) is 0 Å². The van der Waals surface area contributed by atoms with Gasteiger partial charge in [-0.2, -0.15) is 0 Å². The van der Waals surface area contributed by atoms with E-state index in [1.807, 2.05) is 29.4 Å². The number of rotatable bonds is 5. The number of ketones is 1. The summed E-state index contributed by atoms with van der Waals surface area (Å²) in [5.41, 5.74) is 8.63. The van der Waals surface area contributed by atoms with Crippen LogP contribution in [-0.2, 0) is 23.0 Å². The first kappa shape index (κ1) is 27.4. The van der Waals surface area contributed by atoms with Crippen molar-refractivity contribution in [3.8, 4) is 0 Å². The molecule has 1 fully saturated rings. The van der Waals surface area contributed by atoms with Crippen LogP contribution < -0.4 is 5.73 Å². The third-order valence-corrected chi connectivity index (χ3v) is 7.91. The summed E-state index contributed by atoms with van der Waals surface area (Å²) in [5.74, 6) is -0.111. The molecule has 1 aromatic heterocycles. The van der Waals surface area contributed by atoms with Crippen LogP contribution in [-0.4, -0.2) is 51.1 Å². The SMILES string of the molecule is CC1N(COC(=O)C2(N)CCCCC2)C=CN1CC1CCc2c(c3ccccc3n2C)C1=O.Cl.Cl. The summed E-state index contributed by atoms with van der Waals surface area (Å²) in [7, 11) is 2.05. The highest BCUT2D eigenvalue weighted by molar-refractivity contribution is 6.11. The fraction of sp³-hybridized carbons (Fsp3) is 0.538.